The molecule has 1 aromatic carbocycles. The molecule has 0 aliphatic carbocycles. The highest BCUT2D eigenvalue weighted by molar-refractivity contribution is 5.97. The molecule has 0 fully saturated rings. The predicted molar refractivity (Wildman–Crippen MR) is 77.9 cm³/mol. The molecular weight excluding hydrogens is 256 g/mol. The van der Waals surface area contributed by atoms with Crippen LogP contribution in [0.1, 0.15) is 6.92 Å². The fraction of sp³-hybridized carbons (Fsp3) is 0.286. The Kier molecular flexibility index (Phi) is 4.24. The van der Waals surface area contributed by atoms with Gasteiger partial charge in [0.2, 0.25) is 5.91 Å². The summed E-state index contributed by atoms with van der Waals surface area (Å²) in [6.45, 7) is 1.78. The zero-order valence-corrected chi connectivity index (χ0v) is 11.8. The molecule has 0 radical (unpaired) electrons. The average molecular weight is 274 g/mol. The van der Waals surface area contributed by atoms with Gasteiger partial charge < -0.3 is 15.4 Å². The van der Waals surface area contributed by atoms with Crippen molar-refractivity contribution in [2.45, 2.75) is 13.0 Å². The number of para-hydroxylation sites is 2. The molecule has 1 unspecified atom stereocenters. The maximum absolute atomic E-state index is 12.1. The second-order valence-corrected chi connectivity index (χ2v) is 4.43. The molecule has 0 saturated carbocycles. The van der Waals surface area contributed by atoms with Gasteiger partial charge in [-0.15, -0.1) is 0 Å². The van der Waals surface area contributed by atoms with Crippen LogP contribution in [0.4, 0.5) is 11.5 Å². The smallest absolute Gasteiger partial charge is 0.246 e. The summed E-state index contributed by atoms with van der Waals surface area (Å²) in [6.07, 6.45) is 1.81. The Morgan fingerprint density at radius 2 is 2.10 bits per heavy atom. The predicted octanol–water partition coefficient (Wildman–Crippen LogP) is 1.87. The summed E-state index contributed by atoms with van der Waals surface area (Å²) in [7, 11) is 3.39. The van der Waals surface area contributed by atoms with E-state index in [0.717, 1.165) is 0 Å². The Morgan fingerprint density at radius 1 is 1.35 bits per heavy atom. The van der Waals surface area contributed by atoms with Gasteiger partial charge in [0.05, 0.1) is 12.8 Å². The first-order valence-corrected chi connectivity index (χ1v) is 6.30. The van der Waals surface area contributed by atoms with Crippen LogP contribution in [-0.4, -0.2) is 28.8 Å². The number of hydrogen-bond donors (Lipinski definition) is 2. The Bertz CT molecular complexity index is 594. The Morgan fingerprint density at radius 3 is 2.75 bits per heavy atom. The first-order chi connectivity index (χ1) is 9.60. The van der Waals surface area contributed by atoms with E-state index in [0.29, 0.717) is 17.3 Å². The first-order valence-electron chi connectivity index (χ1n) is 6.30. The van der Waals surface area contributed by atoms with Gasteiger partial charge in [0.1, 0.15) is 17.6 Å². The van der Waals surface area contributed by atoms with Crippen LogP contribution in [0.3, 0.4) is 0 Å². The molecule has 0 aliphatic heterocycles. The summed E-state index contributed by atoms with van der Waals surface area (Å²) in [6, 6.07) is 8.69. The van der Waals surface area contributed by atoms with E-state index in [-0.39, 0.29) is 5.91 Å². The van der Waals surface area contributed by atoms with Crippen LogP contribution in [-0.2, 0) is 11.8 Å². The molecule has 1 atom stereocenters. The van der Waals surface area contributed by atoms with E-state index in [1.807, 2.05) is 31.4 Å². The molecule has 1 amide bonds. The van der Waals surface area contributed by atoms with Gasteiger partial charge in [-0.25, -0.2) is 0 Å². The van der Waals surface area contributed by atoms with Gasteiger partial charge in [0.25, 0.3) is 0 Å². The van der Waals surface area contributed by atoms with E-state index in [2.05, 4.69) is 15.7 Å². The first kappa shape index (κ1) is 13.9. The highest BCUT2D eigenvalue weighted by Crippen LogP contribution is 2.23. The van der Waals surface area contributed by atoms with Crippen molar-refractivity contribution in [2.75, 3.05) is 17.7 Å². The summed E-state index contributed by atoms with van der Waals surface area (Å²) < 4.78 is 6.87. The van der Waals surface area contributed by atoms with Crippen LogP contribution in [0.5, 0.6) is 5.75 Å². The Labute approximate surface area is 117 Å². The summed E-state index contributed by atoms with van der Waals surface area (Å²) in [5.41, 5.74) is 0.648. The maximum Gasteiger partial charge on any atom is 0.246 e. The molecule has 1 heterocycles. The molecule has 2 rings (SSSR count). The molecule has 20 heavy (non-hydrogen) atoms. The highest BCUT2D eigenvalue weighted by Gasteiger charge is 2.15. The van der Waals surface area contributed by atoms with E-state index < -0.39 is 6.04 Å². The summed E-state index contributed by atoms with van der Waals surface area (Å²) in [4.78, 5) is 12.1. The lowest BCUT2D eigenvalue weighted by molar-refractivity contribution is -0.116. The molecule has 0 bridgehead atoms. The van der Waals surface area contributed by atoms with E-state index in [1.165, 1.54) is 0 Å². The van der Waals surface area contributed by atoms with Crippen LogP contribution < -0.4 is 15.4 Å². The van der Waals surface area contributed by atoms with Crippen molar-refractivity contribution >= 4 is 17.4 Å². The number of anilines is 2. The maximum atomic E-state index is 12.1. The number of carbonyl (C=O) groups excluding carboxylic acids is 1. The largest absolute Gasteiger partial charge is 0.495 e. The number of nitrogens with zero attached hydrogens (tertiary/aromatic N) is 2. The van der Waals surface area contributed by atoms with Crippen molar-refractivity contribution in [1.29, 1.82) is 0 Å². The van der Waals surface area contributed by atoms with Gasteiger partial charge in [-0.1, -0.05) is 12.1 Å². The monoisotopic (exact) mass is 274 g/mol. The van der Waals surface area contributed by atoms with E-state index in [9.17, 15) is 4.79 Å². The van der Waals surface area contributed by atoms with E-state index in [1.54, 1.807) is 30.8 Å². The fourth-order valence-electron chi connectivity index (χ4n) is 1.77. The second kappa shape index (κ2) is 6.10. The van der Waals surface area contributed by atoms with Gasteiger partial charge in [0.15, 0.2) is 0 Å². The third kappa shape index (κ3) is 3.28. The molecule has 106 valence electrons. The fourth-order valence-corrected chi connectivity index (χ4v) is 1.77. The van der Waals surface area contributed by atoms with Gasteiger partial charge in [0, 0.05) is 19.3 Å². The lowest BCUT2D eigenvalue weighted by Gasteiger charge is -2.15. The zero-order valence-electron chi connectivity index (χ0n) is 11.8. The van der Waals surface area contributed by atoms with Crippen molar-refractivity contribution in [3.05, 3.63) is 36.5 Å². The van der Waals surface area contributed by atoms with E-state index >= 15 is 0 Å². The molecule has 2 aromatic rings. The van der Waals surface area contributed by atoms with Crippen molar-refractivity contribution < 1.29 is 9.53 Å². The Hall–Kier alpha value is -2.50. The minimum absolute atomic E-state index is 0.153. The van der Waals surface area contributed by atoms with Crippen molar-refractivity contribution in [3.63, 3.8) is 0 Å². The highest BCUT2D eigenvalue weighted by atomic mass is 16.5. The average Bonchev–Trinajstić information content (AvgIpc) is 2.84. The Balaban J connectivity index is 2.00. The lowest BCUT2D eigenvalue weighted by Crippen LogP contribution is -2.32. The third-order valence-corrected chi connectivity index (χ3v) is 2.84. The number of nitrogens with one attached hydrogen (secondary N) is 2. The molecule has 1 aromatic heterocycles. The number of ether oxygens (including phenoxy) is 1. The number of rotatable bonds is 5. The van der Waals surface area contributed by atoms with E-state index in [4.69, 9.17) is 4.74 Å². The van der Waals surface area contributed by atoms with Gasteiger partial charge in [-0.3, -0.25) is 9.48 Å². The van der Waals surface area contributed by atoms with Crippen molar-refractivity contribution in [3.8, 4) is 5.75 Å². The van der Waals surface area contributed by atoms with Gasteiger partial charge >= 0.3 is 0 Å². The number of aryl methyl sites for hydroxylation is 1. The summed E-state index contributed by atoms with van der Waals surface area (Å²) in [5, 5.41) is 10.0. The minimum atomic E-state index is -0.408. The van der Waals surface area contributed by atoms with Crippen LogP contribution in [0.15, 0.2) is 36.5 Å². The number of hydrogen-bond acceptors (Lipinski definition) is 4. The molecule has 2 N–H and O–H groups in total. The number of benzene rings is 1. The molecular formula is C14H18N4O2. The number of carbonyl (C=O) groups is 1. The number of amides is 1. The van der Waals surface area contributed by atoms with Gasteiger partial charge in [-0.2, -0.15) is 5.10 Å². The van der Waals surface area contributed by atoms with Crippen molar-refractivity contribution in [1.82, 2.24) is 9.78 Å². The minimum Gasteiger partial charge on any atom is -0.495 e. The lowest BCUT2D eigenvalue weighted by atomic mass is 10.2. The molecule has 6 nitrogen and oxygen atoms in total. The molecule has 6 heteroatoms. The summed E-state index contributed by atoms with van der Waals surface area (Å²) in [5.74, 6) is 1.14. The normalized spacial score (nSPS) is 11.8. The van der Waals surface area contributed by atoms with Crippen LogP contribution in [0.2, 0.25) is 0 Å². The standard InChI is InChI=1S/C14H18N4O2/c1-10(15-13-8-9-18(2)17-13)14(19)16-11-6-4-5-7-12(11)20-3/h4-10H,1-3H3,(H,15,17)(H,16,19). The number of methoxy groups -OCH3 is 1. The molecule has 0 spiro atoms. The van der Waals surface area contributed by atoms with Gasteiger partial charge in [-0.05, 0) is 19.1 Å². The zero-order chi connectivity index (χ0) is 14.5. The quantitative estimate of drug-likeness (QED) is 0.873. The second-order valence-electron chi connectivity index (χ2n) is 4.43. The van der Waals surface area contributed by atoms with Crippen molar-refractivity contribution in [2.24, 2.45) is 7.05 Å². The third-order valence-electron chi connectivity index (χ3n) is 2.84. The topological polar surface area (TPSA) is 68.2 Å². The molecule has 0 saturated heterocycles. The number of aromatic nitrogens is 2. The van der Waals surface area contributed by atoms with Crippen LogP contribution >= 0.6 is 0 Å². The summed E-state index contributed by atoms with van der Waals surface area (Å²) >= 11 is 0. The van der Waals surface area contributed by atoms with Crippen LogP contribution in [0, 0.1) is 0 Å². The van der Waals surface area contributed by atoms with Crippen LogP contribution in [0.25, 0.3) is 0 Å². The SMILES string of the molecule is COc1ccccc1NC(=O)C(C)Nc1ccn(C)n1. The molecule has 0 aliphatic rings.